The molecule has 0 aliphatic carbocycles. The van der Waals surface area contributed by atoms with E-state index in [0.717, 1.165) is 6.26 Å². The number of benzene rings is 2. The summed E-state index contributed by atoms with van der Waals surface area (Å²) in [5.41, 5.74) is 1.86. The molecule has 1 aromatic heterocycles. The molecule has 7 nitrogen and oxygen atoms in total. The van der Waals surface area contributed by atoms with Gasteiger partial charge in [0.15, 0.2) is 5.69 Å². The number of aromatic amines is 1. The van der Waals surface area contributed by atoms with Gasteiger partial charge in [-0.15, -0.1) is 0 Å². The Labute approximate surface area is 132 Å². The second-order valence-corrected chi connectivity index (χ2v) is 6.78. The maximum absolute atomic E-state index is 12.4. The van der Waals surface area contributed by atoms with Crippen LogP contribution in [0.15, 0.2) is 48.5 Å². The zero-order chi connectivity index (χ0) is 16.4. The molecular formula is C15H14N4O3S. The van der Waals surface area contributed by atoms with Crippen LogP contribution in [0.5, 0.6) is 0 Å². The molecule has 3 aromatic rings. The zero-order valence-electron chi connectivity index (χ0n) is 12.2. The summed E-state index contributed by atoms with van der Waals surface area (Å²) in [6, 6.07) is 13.8. The van der Waals surface area contributed by atoms with Crippen LogP contribution in [0.25, 0.3) is 10.9 Å². The van der Waals surface area contributed by atoms with Crippen LogP contribution in [0.1, 0.15) is 10.5 Å². The Hall–Kier alpha value is -2.87. The molecule has 118 valence electrons. The Morgan fingerprint density at radius 3 is 2.52 bits per heavy atom. The third-order valence-electron chi connectivity index (χ3n) is 3.11. The summed E-state index contributed by atoms with van der Waals surface area (Å²) >= 11 is 0. The molecule has 8 heteroatoms. The highest BCUT2D eigenvalue weighted by Crippen LogP contribution is 2.22. The van der Waals surface area contributed by atoms with Gasteiger partial charge in [-0.3, -0.25) is 14.6 Å². The number of amides is 1. The molecule has 0 bridgehead atoms. The van der Waals surface area contributed by atoms with Crippen LogP contribution in [0.2, 0.25) is 0 Å². The number of hydrogen-bond donors (Lipinski definition) is 3. The van der Waals surface area contributed by atoms with E-state index in [0.29, 0.717) is 22.3 Å². The monoisotopic (exact) mass is 330 g/mol. The van der Waals surface area contributed by atoms with Crippen molar-refractivity contribution in [3.8, 4) is 0 Å². The molecule has 0 fully saturated rings. The lowest BCUT2D eigenvalue weighted by atomic mass is 10.2. The Kier molecular flexibility index (Phi) is 3.75. The van der Waals surface area contributed by atoms with E-state index >= 15 is 0 Å². The third kappa shape index (κ3) is 3.49. The number of hydrogen-bond acceptors (Lipinski definition) is 4. The van der Waals surface area contributed by atoms with Gasteiger partial charge < -0.3 is 5.32 Å². The minimum atomic E-state index is -3.39. The molecule has 0 atom stereocenters. The summed E-state index contributed by atoms with van der Waals surface area (Å²) in [6.07, 6.45) is 1.07. The molecule has 0 saturated carbocycles. The number of sulfonamides is 1. The van der Waals surface area contributed by atoms with Crippen LogP contribution in [0.4, 0.5) is 11.4 Å². The van der Waals surface area contributed by atoms with Crippen LogP contribution in [0, 0.1) is 0 Å². The lowest BCUT2D eigenvalue weighted by Gasteiger charge is -2.05. The van der Waals surface area contributed by atoms with Gasteiger partial charge in [-0.2, -0.15) is 5.10 Å². The second kappa shape index (κ2) is 5.73. The number of carbonyl (C=O) groups is 1. The van der Waals surface area contributed by atoms with Crippen molar-refractivity contribution in [1.82, 2.24) is 10.2 Å². The highest BCUT2D eigenvalue weighted by molar-refractivity contribution is 7.92. The predicted octanol–water partition coefficient (Wildman–Crippen LogP) is 2.19. The summed E-state index contributed by atoms with van der Waals surface area (Å²) in [6.45, 7) is 0. The quantitative estimate of drug-likeness (QED) is 0.682. The Bertz CT molecular complexity index is 965. The Balaban J connectivity index is 1.94. The van der Waals surface area contributed by atoms with Gasteiger partial charge in [0.25, 0.3) is 5.91 Å². The standard InChI is InChI=1S/C15H14N4O3S/c1-23(21,22)19-11-7-8-13-12(9-11)14(18-17-13)15(20)16-10-5-3-2-4-6-10/h2-9,19H,1H3,(H,16,20)(H,17,18). The fraction of sp³-hybridized carbons (Fsp3) is 0.0667. The van der Waals surface area contributed by atoms with Crippen LogP contribution in [0.3, 0.4) is 0 Å². The zero-order valence-corrected chi connectivity index (χ0v) is 13.0. The van der Waals surface area contributed by atoms with Crippen molar-refractivity contribution in [2.24, 2.45) is 0 Å². The van der Waals surface area contributed by atoms with E-state index in [-0.39, 0.29) is 11.6 Å². The first-order valence-corrected chi connectivity index (χ1v) is 8.64. The summed E-state index contributed by atoms with van der Waals surface area (Å²) in [7, 11) is -3.39. The van der Waals surface area contributed by atoms with Crippen LogP contribution < -0.4 is 10.0 Å². The summed E-state index contributed by atoms with van der Waals surface area (Å²) < 4.78 is 25.0. The number of fused-ring (bicyclic) bond motifs is 1. The van der Waals surface area contributed by atoms with Gasteiger partial charge in [0, 0.05) is 16.8 Å². The smallest absolute Gasteiger partial charge is 0.276 e. The SMILES string of the molecule is CS(=O)(=O)Nc1ccc2[nH]nc(C(=O)Nc3ccccc3)c2c1. The van der Waals surface area contributed by atoms with Crippen molar-refractivity contribution in [2.75, 3.05) is 16.3 Å². The van der Waals surface area contributed by atoms with E-state index < -0.39 is 10.0 Å². The number of rotatable bonds is 4. The van der Waals surface area contributed by atoms with Gasteiger partial charge in [0.1, 0.15) is 0 Å². The molecule has 1 heterocycles. The minimum Gasteiger partial charge on any atom is -0.321 e. The first-order valence-electron chi connectivity index (χ1n) is 6.75. The maximum atomic E-state index is 12.4. The summed E-state index contributed by atoms with van der Waals surface area (Å²) in [5, 5.41) is 10.0. The van der Waals surface area contributed by atoms with Crippen molar-refractivity contribution < 1.29 is 13.2 Å². The van der Waals surface area contributed by atoms with Crippen LogP contribution in [-0.4, -0.2) is 30.8 Å². The Morgan fingerprint density at radius 2 is 1.83 bits per heavy atom. The van der Waals surface area contributed by atoms with Crippen LogP contribution in [-0.2, 0) is 10.0 Å². The molecule has 0 spiro atoms. The number of carbonyl (C=O) groups excluding carboxylic acids is 1. The fourth-order valence-electron chi connectivity index (χ4n) is 2.18. The lowest BCUT2D eigenvalue weighted by molar-refractivity contribution is 0.102. The summed E-state index contributed by atoms with van der Waals surface area (Å²) in [4.78, 5) is 12.4. The van der Waals surface area contributed by atoms with Gasteiger partial charge in [0.2, 0.25) is 10.0 Å². The third-order valence-corrected chi connectivity index (χ3v) is 3.72. The predicted molar refractivity (Wildman–Crippen MR) is 89.0 cm³/mol. The minimum absolute atomic E-state index is 0.195. The van der Waals surface area contributed by atoms with Gasteiger partial charge >= 0.3 is 0 Å². The molecule has 0 unspecified atom stereocenters. The van der Waals surface area contributed by atoms with Gasteiger partial charge in [0.05, 0.1) is 11.8 Å². The fourth-order valence-corrected chi connectivity index (χ4v) is 2.73. The van der Waals surface area contributed by atoms with Gasteiger partial charge in [-0.1, -0.05) is 18.2 Å². The number of nitrogens with zero attached hydrogens (tertiary/aromatic N) is 1. The van der Waals surface area contributed by atoms with E-state index in [1.807, 2.05) is 18.2 Å². The largest absolute Gasteiger partial charge is 0.321 e. The second-order valence-electron chi connectivity index (χ2n) is 5.03. The normalized spacial score (nSPS) is 11.3. The molecule has 0 saturated heterocycles. The topological polar surface area (TPSA) is 104 Å². The molecule has 0 radical (unpaired) electrons. The van der Waals surface area contributed by atoms with Gasteiger partial charge in [-0.05, 0) is 30.3 Å². The van der Waals surface area contributed by atoms with E-state index in [4.69, 9.17) is 0 Å². The highest BCUT2D eigenvalue weighted by Gasteiger charge is 2.15. The highest BCUT2D eigenvalue weighted by atomic mass is 32.2. The maximum Gasteiger partial charge on any atom is 0.276 e. The van der Waals surface area contributed by atoms with E-state index in [1.165, 1.54) is 0 Å². The number of H-pyrrole nitrogens is 1. The number of anilines is 2. The van der Waals surface area contributed by atoms with Crippen molar-refractivity contribution in [3.05, 3.63) is 54.2 Å². The molecular weight excluding hydrogens is 316 g/mol. The average molecular weight is 330 g/mol. The number of nitrogens with one attached hydrogen (secondary N) is 3. The molecule has 2 aromatic carbocycles. The van der Waals surface area contributed by atoms with Crippen molar-refractivity contribution in [2.45, 2.75) is 0 Å². The van der Waals surface area contributed by atoms with Crippen molar-refractivity contribution in [3.63, 3.8) is 0 Å². The molecule has 1 amide bonds. The molecule has 3 N–H and O–H groups in total. The van der Waals surface area contributed by atoms with Crippen molar-refractivity contribution in [1.29, 1.82) is 0 Å². The van der Waals surface area contributed by atoms with E-state index in [2.05, 4.69) is 20.2 Å². The molecule has 23 heavy (non-hydrogen) atoms. The average Bonchev–Trinajstić information content (AvgIpc) is 2.89. The van der Waals surface area contributed by atoms with Crippen molar-refractivity contribution >= 4 is 38.2 Å². The van der Waals surface area contributed by atoms with Crippen LogP contribution >= 0.6 is 0 Å². The summed E-state index contributed by atoms with van der Waals surface area (Å²) in [5.74, 6) is -0.376. The van der Waals surface area contributed by atoms with E-state index in [9.17, 15) is 13.2 Å². The first kappa shape index (κ1) is 15.0. The first-order chi connectivity index (χ1) is 10.9. The number of para-hydroxylation sites is 1. The Morgan fingerprint density at radius 1 is 1.09 bits per heavy atom. The lowest BCUT2D eigenvalue weighted by Crippen LogP contribution is -2.13. The molecule has 0 aliphatic heterocycles. The molecule has 0 aliphatic rings. The van der Waals surface area contributed by atoms with E-state index in [1.54, 1.807) is 30.3 Å². The number of aromatic nitrogens is 2. The van der Waals surface area contributed by atoms with Gasteiger partial charge in [-0.25, -0.2) is 8.42 Å². The molecule has 3 rings (SSSR count).